The van der Waals surface area contributed by atoms with Crippen molar-refractivity contribution < 1.29 is 19.0 Å². The largest absolute Gasteiger partial charge is 0.490 e. The van der Waals surface area contributed by atoms with Crippen molar-refractivity contribution in [3.63, 3.8) is 0 Å². The van der Waals surface area contributed by atoms with E-state index in [0.29, 0.717) is 35.2 Å². The first-order valence-corrected chi connectivity index (χ1v) is 6.34. The van der Waals surface area contributed by atoms with Gasteiger partial charge in [0.05, 0.1) is 24.8 Å². The fraction of sp³-hybridized carbons (Fsp3) is 0.286. The molecule has 0 spiro atoms. The summed E-state index contributed by atoms with van der Waals surface area (Å²) in [4.78, 5) is 15.7. The van der Waals surface area contributed by atoms with Gasteiger partial charge in [-0.1, -0.05) is 11.6 Å². The summed E-state index contributed by atoms with van der Waals surface area (Å²) in [5.41, 5.74) is 0.991. The summed E-state index contributed by atoms with van der Waals surface area (Å²) in [5, 5.41) is 1.07. The zero-order valence-electron chi connectivity index (χ0n) is 11.2. The van der Waals surface area contributed by atoms with Gasteiger partial charge in [0.1, 0.15) is 17.5 Å². The molecule has 0 aliphatic rings. The average molecular weight is 296 g/mol. The topological polar surface area (TPSA) is 57.7 Å². The molecule has 0 unspecified atom stereocenters. The lowest BCUT2D eigenvalue weighted by atomic mass is 10.1. The summed E-state index contributed by atoms with van der Waals surface area (Å²) in [6, 6.07) is 6.67. The fourth-order valence-electron chi connectivity index (χ4n) is 1.76. The molecule has 106 valence electrons. The molecule has 20 heavy (non-hydrogen) atoms. The van der Waals surface area contributed by atoms with Crippen molar-refractivity contribution in [2.75, 3.05) is 27.4 Å². The van der Waals surface area contributed by atoms with Crippen molar-refractivity contribution in [3.05, 3.63) is 35.0 Å². The predicted molar refractivity (Wildman–Crippen MR) is 75.5 cm³/mol. The van der Waals surface area contributed by atoms with E-state index >= 15 is 0 Å². The second-order valence-electron chi connectivity index (χ2n) is 4.01. The molecule has 2 rings (SSSR count). The Labute approximate surface area is 121 Å². The van der Waals surface area contributed by atoms with E-state index in [4.69, 9.17) is 21.1 Å². The Balaban J connectivity index is 2.41. The van der Waals surface area contributed by atoms with Crippen LogP contribution in [0.5, 0.6) is 5.75 Å². The Kier molecular flexibility index (Phi) is 4.76. The van der Waals surface area contributed by atoms with Crippen LogP contribution >= 0.6 is 11.6 Å². The van der Waals surface area contributed by atoms with E-state index in [0.717, 1.165) is 5.39 Å². The monoisotopic (exact) mass is 295 g/mol. The lowest BCUT2D eigenvalue weighted by Crippen LogP contribution is -2.05. The molecule has 0 atom stereocenters. The summed E-state index contributed by atoms with van der Waals surface area (Å²) in [6.07, 6.45) is 0. The number of methoxy groups -OCH3 is 2. The summed E-state index contributed by atoms with van der Waals surface area (Å²) in [6.45, 7) is 0.881. The van der Waals surface area contributed by atoms with Gasteiger partial charge in [0.15, 0.2) is 0 Å². The number of ether oxygens (including phenoxy) is 3. The number of aromatic nitrogens is 1. The van der Waals surface area contributed by atoms with Crippen molar-refractivity contribution >= 4 is 28.5 Å². The molecule has 0 aliphatic carbocycles. The lowest BCUT2D eigenvalue weighted by molar-refractivity contribution is 0.0601. The second kappa shape index (κ2) is 6.54. The molecule has 1 aromatic carbocycles. The molecular weight excluding hydrogens is 282 g/mol. The van der Waals surface area contributed by atoms with Gasteiger partial charge >= 0.3 is 5.97 Å². The molecule has 0 aliphatic heterocycles. The molecule has 0 fully saturated rings. The zero-order chi connectivity index (χ0) is 14.5. The van der Waals surface area contributed by atoms with Gasteiger partial charge in [-0.2, -0.15) is 0 Å². The average Bonchev–Trinajstić information content (AvgIpc) is 2.45. The third-order valence-electron chi connectivity index (χ3n) is 2.71. The van der Waals surface area contributed by atoms with Crippen LogP contribution in [-0.4, -0.2) is 38.4 Å². The molecule has 0 saturated carbocycles. The van der Waals surface area contributed by atoms with Crippen LogP contribution in [0.1, 0.15) is 10.4 Å². The Morgan fingerprint density at radius 3 is 2.75 bits per heavy atom. The molecule has 0 saturated heterocycles. The van der Waals surface area contributed by atoms with E-state index in [1.165, 1.54) is 7.11 Å². The minimum atomic E-state index is -0.421. The number of rotatable bonds is 5. The summed E-state index contributed by atoms with van der Waals surface area (Å²) >= 11 is 5.96. The molecule has 0 bridgehead atoms. The van der Waals surface area contributed by atoms with Crippen LogP contribution in [0.4, 0.5) is 0 Å². The highest BCUT2D eigenvalue weighted by Gasteiger charge is 2.11. The Morgan fingerprint density at radius 2 is 2.05 bits per heavy atom. The highest BCUT2D eigenvalue weighted by atomic mass is 35.5. The smallest absolute Gasteiger partial charge is 0.337 e. The van der Waals surface area contributed by atoms with Gasteiger partial charge < -0.3 is 14.2 Å². The van der Waals surface area contributed by atoms with Gasteiger partial charge in [0, 0.05) is 18.6 Å². The number of nitrogens with zero attached hydrogens (tertiary/aromatic N) is 1. The summed E-state index contributed by atoms with van der Waals surface area (Å²) in [7, 11) is 2.93. The molecule has 0 N–H and O–H groups in total. The maximum atomic E-state index is 11.5. The van der Waals surface area contributed by atoms with E-state index in [1.807, 2.05) is 0 Å². The van der Waals surface area contributed by atoms with Crippen LogP contribution in [0.3, 0.4) is 0 Å². The van der Waals surface area contributed by atoms with E-state index in [1.54, 1.807) is 31.4 Å². The molecular formula is C14H14ClNO4. The molecule has 5 nitrogen and oxygen atoms in total. The number of pyridine rings is 1. The Bertz CT molecular complexity index is 630. The predicted octanol–water partition coefficient (Wildman–Crippen LogP) is 2.70. The third kappa shape index (κ3) is 3.18. The maximum absolute atomic E-state index is 11.5. The normalized spacial score (nSPS) is 10.6. The quantitative estimate of drug-likeness (QED) is 0.482. The SMILES string of the molecule is COCCOc1cc(Cl)nc2cc(C(=O)OC)ccc12. The maximum Gasteiger partial charge on any atom is 0.337 e. The molecule has 2 aromatic rings. The lowest BCUT2D eigenvalue weighted by Gasteiger charge is -2.10. The highest BCUT2D eigenvalue weighted by Crippen LogP contribution is 2.28. The van der Waals surface area contributed by atoms with E-state index in [2.05, 4.69) is 9.72 Å². The summed E-state index contributed by atoms with van der Waals surface area (Å²) in [5.74, 6) is 0.184. The minimum Gasteiger partial charge on any atom is -0.490 e. The zero-order valence-corrected chi connectivity index (χ0v) is 11.9. The number of fused-ring (bicyclic) bond motifs is 1. The number of esters is 1. The van der Waals surface area contributed by atoms with E-state index in [9.17, 15) is 4.79 Å². The third-order valence-corrected chi connectivity index (χ3v) is 2.90. The van der Waals surface area contributed by atoms with Crippen LogP contribution in [0, 0.1) is 0 Å². The van der Waals surface area contributed by atoms with E-state index in [-0.39, 0.29) is 0 Å². The second-order valence-corrected chi connectivity index (χ2v) is 4.40. The van der Waals surface area contributed by atoms with Crippen LogP contribution in [-0.2, 0) is 9.47 Å². The minimum absolute atomic E-state index is 0.298. The van der Waals surface area contributed by atoms with Crippen molar-refractivity contribution in [2.24, 2.45) is 0 Å². The van der Waals surface area contributed by atoms with Crippen molar-refractivity contribution in [3.8, 4) is 5.75 Å². The van der Waals surface area contributed by atoms with Gasteiger partial charge in [-0.05, 0) is 18.2 Å². The number of carbonyl (C=O) groups is 1. The standard InChI is InChI=1S/C14H14ClNO4/c1-18-5-6-20-12-8-13(15)16-11-7-9(14(17)19-2)3-4-10(11)12/h3-4,7-8H,5-6H2,1-2H3. The van der Waals surface area contributed by atoms with Crippen LogP contribution in [0.2, 0.25) is 5.15 Å². The van der Waals surface area contributed by atoms with Gasteiger partial charge in [0.25, 0.3) is 0 Å². The van der Waals surface area contributed by atoms with Gasteiger partial charge in [-0.15, -0.1) is 0 Å². The first-order valence-electron chi connectivity index (χ1n) is 5.96. The molecule has 1 heterocycles. The van der Waals surface area contributed by atoms with Crippen LogP contribution < -0.4 is 4.74 Å². The number of hydrogen-bond acceptors (Lipinski definition) is 5. The molecule has 0 radical (unpaired) electrons. The molecule has 6 heteroatoms. The Hall–Kier alpha value is -1.85. The van der Waals surface area contributed by atoms with Gasteiger partial charge in [0.2, 0.25) is 0 Å². The number of benzene rings is 1. The van der Waals surface area contributed by atoms with E-state index < -0.39 is 5.97 Å². The first-order chi connectivity index (χ1) is 9.65. The van der Waals surface area contributed by atoms with Gasteiger partial charge in [-0.25, -0.2) is 9.78 Å². The van der Waals surface area contributed by atoms with Crippen LogP contribution in [0.25, 0.3) is 10.9 Å². The van der Waals surface area contributed by atoms with Crippen LogP contribution in [0.15, 0.2) is 24.3 Å². The van der Waals surface area contributed by atoms with Gasteiger partial charge in [-0.3, -0.25) is 0 Å². The van der Waals surface area contributed by atoms with Crippen molar-refractivity contribution in [1.29, 1.82) is 0 Å². The summed E-state index contributed by atoms with van der Waals surface area (Å²) < 4.78 is 15.2. The number of hydrogen-bond donors (Lipinski definition) is 0. The highest BCUT2D eigenvalue weighted by molar-refractivity contribution is 6.30. The van der Waals surface area contributed by atoms with Crippen molar-refractivity contribution in [1.82, 2.24) is 4.98 Å². The molecule has 0 amide bonds. The molecule has 1 aromatic heterocycles. The van der Waals surface area contributed by atoms with Crippen molar-refractivity contribution in [2.45, 2.75) is 0 Å². The number of carbonyl (C=O) groups excluding carboxylic acids is 1. The Morgan fingerprint density at radius 1 is 1.25 bits per heavy atom. The fourth-order valence-corrected chi connectivity index (χ4v) is 1.96. The first kappa shape index (κ1) is 14.6. The number of halogens is 1.